The number of nitrogens with two attached hydrogens (primary N) is 1. The van der Waals surface area contributed by atoms with Crippen molar-refractivity contribution in [2.24, 2.45) is 12.8 Å². The molecule has 1 fully saturated rings. The smallest absolute Gasteiger partial charge is 0.273 e. The summed E-state index contributed by atoms with van der Waals surface area (Å²) in [5.74, 6) is -0.364. The number of carbonyl (C=O) groups excluding carboxylic acids is 2. The fraction of sp³-hybridized carbons (Fsp3) is 0.353. The highest BCUT2D eigenvalue weighted by molar-refractivity contribution is 5.96. The summed E-state index contributed by atoms with van der Waals surface area (Å²) in [6.45, 7) is 6.09. The van der Waals surface area contributed by atoms with Gasteiger partial charge in [0.15, 0.2) is 11.5 Å². The molecule has 2 atom stereocenters. The molecule has 0 unspecified atom stereocenters. The molecule has 0 bridgehead atoms. The van der Waals surface area contributed by atoms with Gasteiger partial charge in [0.05, 0.1) is 11.7 Å². The van der Waals surface area contributed by atoms with Crippen molar-refractivity contribution in [2.75, 3.05) is 17.2 Å². The molecule has 2 aromatic heterocycles. The second kappa shape index (κ2) is 7.44. The van der Waals surface area contributed by atoms with E-state index in [1.54, 1.807) is 4.90 Å². The van der Waals surface area contributed by atoms with Crippen molar-refractivity contribution in [3.05, 3.63) is 36.8 Å². The number of carbonyl (C=O) groups is 2. The molecule has 142 valence electrons. The van der Waals surface area contributed by atoms with Crippen LogP contribution in [0.4, 0.5) is 17.5 Å². The average Bonchev–Trinajstić information content (AvgIpc) is 3.20. The predicted octanol–water partition coefficient (Wildman–Crippen LogP) is 0.640. The number of aryl methyl sites for hydroxylation is 1. The Hall–Kier alpha value is -3.43. The van der Waals surface area contributed by atoms with Crippen LogP contribution < -0.4 is 16.4 Å². The van der Waals surface area contributed by atoms with Crippen molar-refractivity contribution in [1.82, 2.24) is 24.6 Å². The first-order valence-electron chi connectivity index (χ1n) is 8.52. The number of anilines is 3. The van der Waals surface area contributed by atoms with E-state index in [2.05, 4.69) is 32.4 Å². The van der Waals surface area contributed by atoms with Gasteiger partial charge in [-0.25, -0.2) is 0 Å². The monoisotopic (exact) mass is 370 g/mol. The van der Waals surface area contributed by atoms with E-state index < -0.39 is 5.91 Å². The van der Waals surface area contributed by atoms with Crippen LogP contribution in [-0.4, -0.2) is 55.1 Å². The van der Waals surface area contributed by atoms with Gasteiger partial charge in [0.1, 0.15) is 0 Å². The molecule has 1 aliphatic rings. The number of amides is 2. The summed E-state index contributed by atoms with van der Waals surface area (Å²) in [5.41, 5.74) is 6.07. The number of aromatic nitrogens is 4. The maximum Gasteiger partial charge on any atom is 0.273 e. The van der Waals surface area contributed by atoms with Gasteiger partial charge in [-0.05, 0) is 25.5 Å². The molecule has 0 spiro atoms. The molecule has 1 saturated heterocycles. The van der Waals surface area contributed by atoms with Gasteiger partial charge < -0.3 is 25.8 Å². The number of nitrogens with one attached hydrogen (secondary N) is 2. The maximum absolute atomic E-state index is 11.9. The van der Waals surface area contributed by atoms with Gasteiger partial charge in [0, 0.05) is 32.0 Å². The highest BCUT2D eigenvalue weighted by Crippen LogP contribution is 2.23. The van der Waals surface area contributed by atoms with Crippen LogP contribution >= 0.6 is 0 Å². The topological polar surface area (TPSA) is 131 Å². The lowest BCUT2D eigenvalue weighted by Gasteiger charge is -2.24. The predicted molar refractivity (Wildman–Crippen MR) is 100 cm³/mol. The molecular formula is C17H22N8O2. The van der Waals surface area contributed by atoms with Crippen LogP contribution in [0.1, 0.15) is 23.8 Å². The largest absolute Gasteiger partial charge is 0.364 e. The molecule has 10 heteroatoms. The van der Waals surface area contributed by atoms with Crippen LogP contribution in [0.25, 0.3) is 0 Å². The third-order valence-electron chi connectivity index (χ3n) is 4.54. The molecule has 0 aromatic carbocycles. The van der Waals surface area contributed by atoms with Crippen LogP contribution in [0.5, 0.6) is 0 Å². The molecule has 10 nitrogen and oxygen atoms in total. The lowest BCUT2D eigenvalue weighted by molar-refractivity contribution is -0.126. The van der Waals surface area contributed by atoms with E-state index in [9.17, 15) is 9.59 Å². The quantitative estimate of drug-likeness (QED) is 0.636. The Bertz CT molecular complexity index is 878. The fourth-order valence-electron chi connectivity index (χ4n) is 3.08. The summed E-state index contributed by atoms with van der Waals surface area (Å²) in [6, 6.07) is 1.73. The molecule has 0 saturated carbocycles. The molecular weight excluding hydrogens is 348 g/mol. The molecule has 3 heterocycles. The van der Waals surface area contributed by atoms with Gasteiger partial charge in [-0.15, -0.1) is 10.2 Å². The van der Waals surface area contributed by atoms with E-state index in [0.29, 0.717) is 6.54 Å². The van der Waals surface area contributed by atoms with Crippen LogP contribution in [0.2, 0.25) is 0 Å². The average molecular weight is 370 g/mol. The molecule has 1 aliphatic heterocycles. The second-order valence-corrected chi connectivity index (χ2v) is 6.40. The first-order chi connectivity index (χ1) is 12.9. The number of nitrogens with zero attached hydrogens (tertiary/aromatic N) is 5. The van der Waals surface area contributed by atoms with Crippen LogP contribution in [0.3, 0.4) is 0 Å². The van der Waals surface area contributed by atoms with E-state index in [4.69, 9.17) is 5.73 Å². The summed E-state index contributed by atoms with van der Waals surface area (Å²) in [4.78, 5) is 29.6. The lowest BCUT2D eigenvalue weighted by Crippen LogP contribution is -2.39. The Kier molecular flexibility index (Phi) is 5.06. The highest BCUT2D eigenvalue weighted by atomic mass is 16.2. The van der Waals surface area contributed by atoms with Gasteiger partial charge in [-0.3, -0.25) is 9.59 Å². The molecule has 27 heavy (non-hydrogen) atoms. The molecule has 2 amide bonds. The van der Waals surface area contributed by atoms with Crippen molar-refractivity contribution in [3.63, 3.8) is 0 Å². The number of hydrogen-bond acceptors (Lipinski definition) is 7. The molecule has 4 N–H and O–H groups in total. The minimum absolute atomic E-state index is 0.0419. The summed E-state index contributed by atoms with van der Waals surface area (Å²) in [7, 11) is 1.88. The number of hydrogen-bond donors (Lipinski definition) is 3. The zero-order valence-corrected chi connectivity index (χ0v) is 15.2. The summed E-state index contributed by atoms with van der Waals surface area (Å²) in [6.07, 6.45) is 5.73. The molecule has 3 rings (SSSR count). The van der Waals surface area contributed by atoms with Crippen molar-refractivity contribution < 1.29 is 9.59 Å². The fourth-order valence-corrected chi connectivity index (χ4v) is 3.08. The molecule has 0 aliphatic carbocycles. The molecule has 0 radical (unpaired) electrons. The zero-order valence-electron chi connectivity index (χ0n) is 15.2. The van der Waals surface area contributed by atoms with Crippen LogP contribution in [0, 0.1) is 0 Å². The molecule has 2 aromatic rings. The Balaban J connectivity index is 1.80. The highest BCUT2D eigenvalue weighted by Gasteiger charge is 2.33. The number of rotatable bonds is 6. The second-order valence-electron chi connectivity index (χ2n) is 6.40. The number of likely N-dealkylation sites (tertiary alicyclic amines) is 1. The lowest BCUT2D eigenvalue weighted by atomic mass is 10.1. The van der Waals surface area contributed by atoms with Crippen molar-refractivity contribution in [2.45, 2.75) is 25.4 Å². The number of primary amides is 1. The van der Waals surface area contributed by atoms with Crippen LogP contribution in [-0.2, 0) is 11.8 Å². The third-order valence-corrected chi connectivity index (χ3v) is 4.54. The van der Waals surface area contributed by atoms with Crippen molar-refractivity contribution >= 4 is 29.3 Å². The van der Waals surface area contributed by atoms with Crippen molar-refractivity contribution in [1.29, 1.82) is 0 Å². The van der Waals surface area contributed by atoms with E-state index in [-0.39, 0.29) is 35.5 Å². The summed E-state index contributed by atoms with van der Waals surface area (Å²) < 4.78 is 1.85. The van der Waals surface area contributed by atoms with E-state index in [1.165, 1.54) is 6.08 Å². The van der Waals surface area contributed by atoms with Gasteiger partial charge >= 0.3 is 0 Å². The summed E-state index contributed by atoms with van der Waals surface area (Å²) >= 11 is 0. The Morgan fingerprint density at radius 1 is 1.41 bits per heavy atom. The maximum atomic E-state index is 11.9. The minimum atomic E-state index is -0.725. The third kappa shape index (κ3) is 3.89. The van der Waals surface area contributed by atoms with Gasteiger partial charge in [0.25, 0.3) is 5.91 Å². The Morgan fingerprint density at radius 2 is 2.19 bits per heavy atom. The van der Waals surface area contributed by atoms with Crippen molar-refractivity contribution in [3.8, 4) is 0 Å². The Morgan fingerprint density at radius 3 is 2.81 bits per heavy atom. The first-order valence-corrected chi connectivity index (χ1v) is 8.52. The summed E-state index contributed by atoms with van der Waals surface area (Å²) in [5, 5.41) is 14.1. The van der Waals surface area contributed by atoms with E-state index in [0.717, 1.165) is 12.1 Å². The standard InChI is InChI=1S/C17H22N8O2/c1-4-13(26)25-8-6-12(10(25)2)20-17-21-16(14(15(18)27)22-23-17)19-11-5-7-24(3)9-11/h4-5,7,9-10,12H,1,6,8H2,2-3H3,(H2,18,27)(H2,19,20,21,23)/t10-,12-/m1/s1. The van der Waals surface area contributed by atoms with Gasteiger partial charge in [0.2, 0.25) is 11.9 Å². The van der Waals surface area contributed by atoms with Gasteiger partial charge in [-0.2, -0.15) is 4.98 Å². The normalized spacial score (nSPS) is 19.0. The van der Waals surface area contributed by atoms with Gasteiger partial charge in [-0.1, -0.05) is 6.58 Å². The first kappa shape index (κ1) is 18.4. The van der Waals surface area contributed by atoms with E-state index >= 15 is 0 Å². The SMILES string of the molecule is C=CC(=O)N1CC[C@@H](Nc2nnc(C(N)=O)c(Nc3ccn(C)c3)n2)[C@H]1C. The minimum Gasteiger partial charge on any atom is -0.364 e. The van der Waals surface area contributed by atoms with E-state index in [1.807, 2.05) is 37.0 Å². The Labute approximate surface area is 156 Å². The van der Waals surface area contributed by atoms with Crippen LogP contribution in [0.15, 0.2) is 31.1 Å². The zero-order chi connectivity index (χ0) is 19.6.